The van der Waals surface area contributed by atoms with E-state index in [9.17, 15) is 8.42 Å². The molecule has 2 fully saturated rings. The maximum Gasteiger partial charge on any atom is 0.191 e. The van der Waals surface area contributed by atoms with Crippen molar-refractivity contribution in [3.8, 4) is 0 Å². The Hall–Kier alpha value is -1.80. The molecule has 2 N–H and O–H groups in total. The van der Waals surface area contributed by atoms with Gasteiger partial charge >= 0.3 is 0 Å². The average Bonchev–Trinajstić information content (AvgIpc) is 3.12. The number of aryl methyl sites for hydroxylation is 1. The van der Waals surface area contributed by atoms with Crippen molar-refractivity contribution in [2.45, 2.75) is 26.3 Å². The zero-order chi connectivity index (χ0) is 20.0. The number of hydrogen-bond donors (Lipinski definition) is 2. The minimum atomic E-state index is -2.82. The van der Waals surface area contributed by atoms with E-state index in [4.69, 9.17) is 4.99 Å². The van der Waals surface area contributed by atoms with E-state index in [2.05, 4.69) is 58.5 Å². The molecule has 2 aliphatic rings. The molecule has 3 rings (SSSR count). The monoisotopic (exact) mass is 407 g/mol. The number of hydrogen-bond acceptors (Lipinski definition) is 5. The summed E-state index contributed by atoms with van der Waals surface area (Å²) in [5.74, 6) is 1.39. The van der Waals surface area contributed by atoms with E-state index in [-0.39, 0.29) is 11.5 Å². The molecule has 1 aromatic rings. The quantitative estimate of drug-likeness (QED) is 0.538. The largest absolute Gasteiger partial charge is 0.369 e. The lowest BCUT2D eigenvalue weighted by Gasteiger charge is -2.26. The Kier molecular flexibility index (Phi) is 7.18. The highest BCUT2D eigenvalue weighted by Gasteiger charge is 2.24. The van der Waals surface area contributed by atoms with Crippen molar-refractivity contribution in [2.75, 3.05) is 62.2 Å². The lowest BCUT2D eigenvalue weighted by atomic mass is 10.2. The first-order valence-electron chi connectivity index (χ1n) is 10.2. The zero-order valence-corrected chi connectivity index (χ0v) is 17.8. The van der Waals surface area contributed by atoms with Crippen LogP contribution in [0, 0.1) is 6.92 Å². The van der Waals surface area contributed by atoms with Gasteiger partial charge < -0.3 is 15.5 Å². The van der Waals surface area contributed by atoms with Crippen LogP contribution in [0.15, 0.2) is 29.3 Å². The van der Waals surface area contributed by atoms with Crippen molar-refractivity contribution in [1.82, 2.24) is 15.5 Å². The van der Waals surface area contributed by atoms with E-state index < -0.39 is 9.84 Å². The van der Waals surface area contributed by atoms with E-state index in [0.717, 1.165) is 38.6 Å². The van der Waals surface area contributed by atoms with Gasteiger partial charge in [-0.25, -0.2) is 8.42 Å². The van der Waals surface area contributed by atoms with Gasteiger partial charge in [-0.1, -0.05) is 17.7 Å². The summed E-state index contributed by atoms with van der Waals surface area (Å²) in [6.45, 7) is 9.73. The van der Waals surface area contributed by atoms with Crippen LogP contribution in [0.25, 0.3) is 0 Å². The molecular weight excluding hydrogens is 374 g/mol. The van der Waals surface area contributed by atoms with E-state index in [1.165, 1.54) is 11.3 Å². The highest BCUT2D eigenvalue weighted by Crippen LogP contribution is 2.20. The van der Waals surface area contributed by atoms with Crippen LogP contribution in [0.2, 0.25) is 0 Å². The Labute approximate surface area is 169 Å². The van der Waals surface area contributed by atoms with Gasteiger partial charge in [-0.3, -0.25) is 9.89 Å². The number of nitrogens with one attached hydrogen (secondary N) is 2. The summed E-state index contributed by atoms with van der Waals surface area (Å²) in [7, 11) is -2.82. The van der Waals surface area contributed by atoms with Crippen LogP contribution in [0.3, 0.4) is 0 Å². The third-order valence-electron chi connectivity index (χ3n) is 5.40. The summed E-state index contributed by atoms with van der Waals surface area (Å²) in [4.78, 5) is 9.30. The van der Waals surface area contributed by atoms with E-state index in [1.54, 1.807) is 0 Å². The number of guanidine groups is 1. The van der Waals surface area contributed by atoms with Gasteiger partial charge in [0.25, 0.3) is 0 Å². The molecule has 7 nitrogen and oxygen atoms in total. The van der Waals surface area contributed by atoms with Crippen molar-refractivity contribution in [1.29, 1.82) is 0 Å². The second-order valence-corrected chi connectivity index (χ2v) is 9.97. The van der Waals surface area contributed by atoms with Crippen LogP contribution in [0.4, 0.5) is 5.69 Å². The Balaban J connectivity index is 1.47. The Morgan fingerprint density at radius 1 is 1.18 bits per heavy atom. The maximum absolute atomic E-state index is 11.5. The molecule has 8 heteroatoms. The normalized spacial score (nSPS) is 23.0. The van der Waals surface area contributed by atoms with Crippen LogP contribution >= 0.6 is 0 Å². The smallest absolute Gasteiger partial charge is 0.191 e. The Morgan fingerprint density at radius 3 is 2.57 bits per heavy atom. The van der Waals surface area contributed by atoms with Gasteiger partial charge in [0.2, 0.25) is 0 Å². The van der Waals surface area contributed by atoms with Crippen molar-refractivity contribution >= 4 is 21.5 Å². The van der Waals surface area contributed by atoms with Crippen LogP contribution in [-0.4, -0.2) is 82.6 Å². The molecule has 0 aliphatic carbocycles. The van der Waals surface area contributed by atoms with Crippen molar-refractivity contribution in [3.63, 3.8) is 0 Å². The van der Waals surface area contributed by atoms with Gasteiger partial charge in [0, 0.05) is 51.0 Å². The van der Waals surface area contributed by atoms with Gasteiger partial charge in [-0.2, -0.15) is 0 Å². The average molecular weight is 408 g/mol. The number of aliphatic imine (C=N–C) groups is 1. The number of nitrogens with zero attached hydrogens (tertiary/aromatic N) is 3. The van der Waals surface area contributed by atoms with Gasteiger partial charge in [-0.05, 0) is 32.4 Å². The fourth-order valence-electron chi connectivity index (χ4n) is 3.66. The maximum atomic E-state index is 11.5. The SMILES string of the molecule is CCNC(=NCCN1CCS(=O)(=O)CC1)NC1CCN(c2ccc(C)cc2)C1. The van der Waals surface area contributed by atoms with Crippen LogP contribution in [-0.2, 0) is 9.84 Å². The molecule has 156 valence electrons. The van der Waals surface area contributed by atoms with Crippen LogP contribution < -0.4 is 15.5 Å². The molecule has 0 bridgehead atoms. The number of anilines is 1. The second kappa shape index (κ2) is 9.60. The fourth-order valence-corrected chi connectivity index (χ4v) is 4.94. The number of rotatable bonds is 6. The molecule has 2 saturated heterocycles. The molecule has 0 radical (unpaired) electrons. The van der Waals surface area contributed by atoms with Crippen LogP contribution in [0.1, 0.15) is 18.9 Å². The molecule has 0 saturated carbocycles. The topological polar surface area (TPSA) is 77.0 Å². The van der Waals surface area contributed by atoms with Crippen molar-refractivity contribution in [2.24, 2.45) is 4.99 Å². The molecule has 28 heavy (non-hydrogen) atoms. The van der Waals surface area contributed by atoms with Gasteiger partial charge in [0.1, 0.15) is 0 Å². The lowest BCUT2D eigenvalue weighted by molar-refractivity contribution is 0.304. The predicted molar refractivity (Wildman–Crippen MR) is 116 cm³/mol. The van der Waals surface area contributed by atoms with Crippen molar-refractivity contribution in [3.05, 3.63) is 29.8 Å². The minimum absolute atomic E-state index is 0.270. The summed E-state index contributed by atoms with van der Waals surface area (Å²) in [5, 5.41) is 6.89. The highest BCUT2D eigenvalue weighted by atomic mass is 32.2. The van der Waals surface area contributed by atoms with Crippen molar-refractivity contribution < 1.29 is 8.42 Å². The summed E-state index contributed by atoms with van der Waals surface area (Å²) in [6.07, 6.45) is 1.09. The molecule has 2 heterocycles. The zero-order valence-electron chi connectivity index (χ0n) is 17.0. The first-order chi connectivity index (χ1) is 13.4. The first kappa shape index (κ1) is 20.9. The fraction of sp³-hybridized carbons (Fsp3) is 0.650. The number of benzene rings is 1. The van der Waals surface area contributed by atoms with Crippen LogP contribution in [0.5, 0.6) is 0 Å². The molecule has 2 aliphatic heterocycles. The minimum Gasteiger partial charge on any atom is -0.369 e. The van der Waals surface area contributed by atoms with Gasteiger partial charge in [0.15, 0.2) is 15.8 Å². The first-order valence-corrected chi connectivity index (χ1v) is 12.1. The van der Waals surface area contributed by atoms with Gasteiger partial charge in [0.05, 0.1) is 18.1 Å². The Morgan fingerprint density at radius 2 is 1.89 bits per heavy atom. The Bertz CT molecular complexity index is 749. The second-order valence-electron chi connectivity index (χ2n) is 7.67. The summed E-state index contributed by atoms with van der Waals surface area (Å²) in [5.41, 5.74) is 2.56. The predicted octanol–water partition coefficient (Wildman–Crippen LogP) is 0.859. The summed E-state index contributed by atoms with van der Waals surface area (Å²) < 4.78 is 23.0. The van der Waals surface area contributed by atoms with E-state index >= 15 is 0 Å². The standard InChI is InChI=1S/C20H33N5O2S/c1-3-21-20(22-9-11-24-12-14-28(26,27)15-13-24)23-18-8-10-25(16-18)19-6-4-17(2)5-7-19/h4-7,18H,3,8-16H2,1-2H3,(H2,21,22,23). The molecule has 1 unspecified atom stereocenters. The summed E-state index contributed by atoms with van der Waals surface area (Å²) >= 11 is 0. The number of sulfone groups is 1. The molecular formula is C20H33N5O2S. The molecule has 1 aromatic carbocycles. The summed E-state index contributed by atoms with van der Waals surface area (Å²) in [6, 6.07) is 9.08. The highest BCUT2D eigenvalue weighted by molar-refractivity contribution is 7.91. The third kappa shape index (κ3) is 6.10. The molecule has 0 amide bonds. The lowest BCUT2D eigenvalue weighted by Crippen LogP contribution is -2.45. The third-order valence-corrected chi connectivity index (χ3v) is 7.00. The molecule has 0 aromatic heterocycles. The molecule has 0 spiro atoms. The molecule has 1 atom stereocenters. The van der Waals surface area contributed by atoms with E-state index in [1.807, 2.05) is 0 Å². The van der Waals surface area contributed by atoms with E-state index in [0.29, 0.717) is 25.7 Å². The van der Waals surface area contributed by atoms with Gasteiger partial charge in [-0.15, -0.1) is 0 Å².